The molecule has 1 saturated heterocycles. The van der Waals surface area contributed by atoms with Gasteiger partial charge in [-0.25, -0.2) is 0 Å². The molecule has 3 rings (SSSR count). The van der Waals surface area contributed by atoms with E-state index in [1.165, 1.54) is 12.0 Å². The Bertz CT molecular complexity index is 608. The fourth-order valence-electron chi connectivity index (χ4n) is 3.97. The van der Waals surface area contributed by atoms with Crippen LogP contribution in [0.15, 0.2) is 54.0 Å². The number of hydrogen-bond donors (Lipinski definition) is 1. The molecule has 0 bridgehead atoms. The zero-order chi connectivity index (χ0) is 17.0. The molecule has 1 aromatic rings. The van der Waals surface area contributed by atoms with E-state index in [1.54, 1.807) is 7.11 Å². The van der Waals surface area contributed by atoms with E-state index in [2.05, 4.69) is 43.4 Å². The van der Waals surface area contributed by atoms with Crippen molar-refractivity contribution in [3.63, 3.8) is 0 Å². The Kier molecular flexibility index (Phi) is 5.30. The molecule has 1 N–H and O–H groups in total. The summed E-state index contributed by atoms with van der Waals surface area (Å²) in [6.45, 7) is 7.51. The molecule has 1 aliphatic heterocycles. The maximum absolute atomic E-state index is 6.15. The van der Waals surface area contributed by atoms with E-state index in [-0.39, 0.29) is 0 Å². The molecule has 1 aromatic carbocycles. The second kappa shape index (κ2) is 7.43. The zero-order valence-electron chi connectivity index (χ0n) is 15.0. The molecule has 1 aliphatic carbocycles. The van der Waals surface area contributed by atoms with Gasteiger partial charge in [0.15, 0.2) is 5.76 Å². The van der Waals surface area contributed by atoms with Crippen LogP contribution in [0, 0.1) is 17.3 Å². The molecule has 1 fully saturated rings. The smallest absolute Gasteiger partial charge is 0.156 e. The molecule has 2 aliphatic rings. The van der Waals surface area contributed by atoms with Gasteiger partial charge in [-0.15, -0.1) is 0 Å². The van der Waals surface area contributed by atoms with Gasteiger partial charge in [-0.05, 0) is 41.9 Å². The highest BCUT2D eigenvalue weighted by atomic mass is 16.5. The predicted octanol–water partition coefficient (Wildman–Crippen LogP) is 4.27. The van der Waals surface area contributed by atoms with Crippen molar-refractivity contribution in [3.05, 3.63) is 59.6 Å². The first-order chi connectivity index (χ1) is 11.7. The molecule has 1 heterocycles. The molecule has 3 nitrogen and oxygen atoms in total. The van der Waals surface area contributed by atoms with Crippen LogP contribution in [0.4, 0.5) is 0 Å². The minimum atomic E-state index is 0.365. The first-order valence-corrected chi connectivity index (χ1v) is 8.99. The SMILES string of the molecule is CC[C@]1(C)CNC[C@H]1C1C=CC(OC)=C(OCc2ccccc2)C1. The van der Waals surface area contributed by atoms with Crippen molar-refractivity contribution in [1.82, 2.24) is 5.32 Å². The highest BCUT2D eigenvalue weighted by molar-refractivity contribution is 5.25. The van der Waals surface area contributed by atoms with Crippen molar-refractivity contribution < 1.29 is 9.47 Å². The topological polar surface area (TPSA) is 30.5 Å². The van der Waals surface area contributed by atoms with E-state index < -0.39 is 0 Å². The normalized spacial score (nSPS) is 29.8. The van der Waals surface area contributed by atoms with Crippen molar-refractivity contribution in [1.29, 1.82) is 0 Å². The number of nitrogens with one attached hydrogen (secondary N) is 1. The van der Waals surface area contributed by atoms with Crippen LogP contribution in [-0.2, 0) is 16.1 Å². The molecule has 0 saturated carbocycles. The molecule has 24 heavy (non-hydrogen) atoms. The van der Waals surface area contributed by atoms with E-state index in [9.17, 15) is 0 Å². The lowest BCUT2D eigenvalue weighted by molar-refractivity contribution is 0.128. The first-order valence-electron chi connectivity index (χ1n) is 8.99. The van der Waals surface area contributed by atoms with Crippen LogP contribution in [0.5, 0.6) is 0 Å². The summed E-state index contributed by atoms with van der Waals surface area (Å²) in [5.41, 5.74) is 1.55. The van der Waals surface area contributed by atoms with Gasteiger partial charge in [0.2, 0.25) is 0 Å². The Morgan fingerprint density at radius 1 is 1.25 bits per heavy atom. The number of methoxy groups -OCH3 is 1. The third-order valence-electron chi connectivity index (χ3n) is 5.78. The second-order valence-electron chi connectivity index (χ2n) is 7.24. The first kappa shape index (κ1) is 17.1. The molecular weight excluding hydrogens is 298 g/mol. The van der Waals surface area contributed by atoms with Crippen molar-refractivity contribution >= 4 is 0 Å². The van der Waals surface area contributed by atoms with Gasteiger partial charge in [0.1, 0.15) is 12.4 Å². The monoisotopic (exact) mass is 327 g/mol. The molecule has 0 radical (unpaired) electrons. The zero-order valence-corrected chi connectivity index (χ0v) is 15.0. The highest BCUT2D eigenvalue weighted by Crippen LogP contribution is 2.43. The second-order valence-corrected chi connectivity index (χ2v) is 7.24. The Hall–Kier alpha value is -1.74. The summed E-state index contributed by atoms with van der Waals surface area (Å²) in [5.74, 6) is 3.01. The van der Waals surface area contributed by atoms with Crippen molar-refractivity contribution in [2.75, 3.05) is 20.2 Å². The number of allylic oxidation sites excluding steroid dienone is 3. The largest absolute Gasteiger partial charge is 0.493 e. The Labute approximate surface area is 145 Å². The molecular formula is C21H29NO2. The number of rotatable bonds is 6. The fraction of sp³-hybridized carbons (Fsp3) is 0.524. The quantitative estimate of drug-likeness (QED) is 0.846. The van der Waals surface area contributed by atoms with Crippen molar-refractivity contribution in [2.24, 2.45) is 17.3 Å². The number of hydrogen-bond acceptors (Lipinski definition) is 3. The molecule has 0 spiro atoms. The predicted molar refractivity (Wildman–Crippen MR) is 97.3 cm³/mol. The van der Waals surface area contributed by atoms with Gasteiger partial charge >= 0.3 is 0 Å². The minimum Gasteiger partial charge on any atom is -0.493 e. The van der Waals surface area contributed by atoms with Gasteiger partial charge in [-0.2, -0.15) is 0 Å². The van der Waals surface area contributed by atoms with Crippen LogP contribution in [0.25, 0.3) is 0 Å². The van der Waals surface area contributed by atoms with Crippen LogP contribution in [-0.4, -0.2) is 20.2 Å². The number of benzene rings is 1. The summed E-state index contributed by atoms with van der Waals surface area (Å²) in [4.78, 5) is 0. The third-order valence-corrected chi connectivity index (χ3v) is 5.78. The van der Waals surface area contributed by atoms with Crippen LogP contribution in [0.2, 0.25) is 0 Å². The van der Waals surface area contributed by atoms with E-state index in [1.807, 2.05) is 18.2 Å². The molecule has 3 heteroatoms. The van der Waals surface area contributed by atoms with E-state index >= 15 is 0 Å². The maximum atomic E-state index is 6.15. The van der Waals surface area contributed by atoms with Crippen LogP contribution < -0.4 is 5.32 Å². The van der Waals surface area contributed by atoms with Gasteiger partial charge in [-0.3, -0.25) is 0 Å². The summed E-state index contributed by atoms with van der Waals surface area (Å²) < 4.78 is 11.7. The summed E-state index contributed by atoms with van der Waals surface area (Å²) in [5, 5.41) is 3.59. The third kappa shape index (κ3) is 3.51. The van der Waals surface area contributed by atoms with E-state index in [0.717, 1.165) is 31.0 Å². The lowest BCUT2D eigenvalue weighted by Crippen LogP contribution is -2.32. The van der Waals surface area contributed by atoms with Gasteiger partial charge in [-0.1, -0.05) is 50.3 Å². The van der Waals surface area contributed by atoms with Crippen LogP contribution >= 0.6 is 0 Å². The maximum Gasteiger partial charge on any atom is 0.156 e. The number of ether oxygens (including phenoxy) is 2. The van der Waals surface area contributed by atoms with Gasteiger partial charge in [0.25, 0.3) is 0 Å². The standard InChI is InChI=1S/C21H29NO2/c1-4-21(2)15-22-13-18(21)17-10-11-19(23-3)20(12-17)24-14-16-8-6-5-7-9-16/h5-11,17-18,22H,4,12-15H2,1-3H3/t17?,18-,21+/m0/s1. The molecule has 0 aromatic heterocycles. The lowest BCUT2D eigenvalue weighted by atomic mass is 9.69. The van der Waals surface area contributed by atoms with Gasteiger partial charge in [0.05, 0.1) is 7.11 Å². The minimum absolute atomic E-state index is 0.365. The summed E-state index contributed by atoms with van der Waals surface area (Å²) in [6, 6.07) is 10.3. The summed E-state index contributed by atoms with van der Waals surface area (Å²) in [7, 11) is 1.72. The van der Waals surface area contributed by atoms with E-state index in [4.69, 9.17) is 9.47 Å². The summed E-state index contributed by atoms with van der Waals surface area (Å²) in [6.07, 6.45) is 6.55. The highest BCUT2D eigenvalue weighted by Gasteiger charge is 2.42. The molecule has 130 valence electrons. The molecule has 1 unspecified atom stereocenters. The van der Waals surface area contributed by atoms with Crippen LogP contribution in [0.3, 0.4) is 0 Å². The average molecular weight is 327 g/mol. The average Bonchev–Trinajstić information content (AvgIpc) is 3.03. The van der Waals surface area contributed by atoms with Crippen molar-refractivity contribution in [2.45, 2.75) is 33.3 Å². The van der Waals surface area contributed by atoms with Crippen molar-refractivity contribution in [3.8, 4) is 0 Å². The van der Waals surface area contributed by atoms with Gasteiger partial charge in [0, 0.05) is 13.0 Å². The Morgan fingerprint density at radius 3 is 2.75 bits per heavy atom. The van der Waals surface area contributed by atoms with E-state index in [0.29, 0.717) is 23.9 Å². The molecule has 0 amide bonds. The molecule has 3 atom stereocenters. The Balaban J connectivity index is 1.70. The summed E-state index contributed by atoms with van der Waals surface area (Å²) >= 11 is 0. The lowest BCUT2D eigenvalue weighted by Gasteiger charge is -2.36. The van der Waals surface area contributed by atoms with Gasteiger partial charge < -0.3 is 14.8 Å². The fourth-order valence-corrected chi connectivity index (χ4v) is 3.97. The Morgan fingerprint density at radius 2 is 2.04 bits per heavy atom. The van der Waals surface area contributed by atoms with Crippen LogP contribution in [0.1, 0.15) is 32.3 Å².